The van der Waals surface area contributed by atoms with E-state index >= 15 is 0 Å². The summed E-state index contributed by atoms with van der Waals surface area (Å²) >= 11 is 0. The van der Waals surface area contributed by atoms with Crippen molar-refractivity contribution in [2.75, 3.05) is 0 Å². The highest BCUT2D eigenvalue weighted by Crippen LogP contribution is 2.45. The van der Waals surface area contributed by atoms with E-state index in [1.165, 1.54) is 153 Å². The molecule has 6 nitrogen and oxygen atoms in total. The summed E-state index contributed by atoms with van der Waals surface area (Å²) in [5, 5.41) is 14.8. The third kappa shape index (κ3) is 7.63. The molecule has 0 unspecified atom stereocenters. The molecule has 0 N–H and O–H groups in total. The van der Waals surface area contributed by atoms with Crippen LogP contribution in [-0.4, -0.2) is 27.4 Å². The third-order valence-electron chi connectivity index (χ3n) is 20.6. The molecule has 0 aliphatic rings. The van der Waals surface area contributed by atoms with Crippen molar-refractivity contribution >= 4 is 131 Å². The van der Waals surface area contributed by atoms with Crippen LogP contribution in [0.25, 0.3) is 187 Å². The SMILES string of the molecule is c1ccc(-n2c3ccccc3c3cc4c(cc32)c2ccccc2n4-c2ccc(-c3ccc(-n4c5ccccc5c5cc6c(cc54)c4ccccc4n6-c4ccc(-c5ccc(-n6c7ccccc7c7cc8c(cc76)c6ccccc6n8-c6ccccc6)cc5)cc4)cc3)cc2)cc1. The highest BCUT2D eigenvalue weighted by molar-refractivity contribution is 6.22. The second-order valence-corrected chi connectivity index (χ2v) is 25.6. The minimum Gasteiger partial charge on any atom is -0.309 e. The fourth-order valence-electron chi connectivity index (χ4n) is 16.3. The van der Waals surface area contributed by atoms with E-state index in [0.29, 0.717) is 0 Å². The maximum Gasteiger partial charge on any atom is 0.0548 e. The number of para-hydroxylation sites is 8. The van der Waals surface area contributed by atoms with Gasteiger partial charge in [-0.3, -0.25) is 0 Å². The van der Waals surface area contributed by atoms with Crippen molar-refractivity contribution in [1.29, 1.82) is 0 Å². The zero-order valence-corrected chi connectivity index (χ0v) is 52.0. The lowest BCUT2D eigenvalue weighted by atomic mass is 10.0. The number of hydrogen-bond acceptors (Lipinski definition) is 0. The Balaban J connectivity index is 0.614. The maximum absolute atomic E-state index is 2.45. The van der Waals surface area contributed by atoms with Gasteiger partial charge >= 0.3 is 0 Å². The Hall–Kier alpha value is -12.9. The summed E-state index contributed by atoms with van der Waals surface area (Å²) in [4.78, 5) is 0. The van der Waals surface area contributed by atoms with Crippen LogP contribution in [0, 0.1) is 0 Å². The molecule has 0 aliphatic heterocycles. The zero-order valence-electron chi connectivity index (χ0n) is 52.0. The Labute approximate surface area is 551 Å². The van der Waals surface area contributed by atoms with Gasteiger partial charge in [-0.15, -0.1) is 0 Å². The average molecular weight is 1220 g/mol. The van der Waals surface area contributed by atoms with Gasteiger partial charge in [0.1, 0.15) is 0 Å². The number of fused-ring (bicyclic) bond motifs is 18. The molecular weight excluding hydrogens is 1170 g/mol. The number of benzene rings is 15. The van der Waals surface area contributed by atoms with Gasteiger partial charge in [-0.25, -0.2) is 0 Å². The van der Waals surface area contributed by atoms with Crippen molar-refractivity contribution in [1.82, 2.24) is 27.4 Å². The Kier molecular flexibility index (Phi) is 11.1. The summed E-state index contributed by atoms with van der Waals surface area (Å²) in [5.41, 5.74) is 25.8. The fourth-order valence-corrected chi connectivity index (χ4v) is 16.3. The van der Waals surface area contributed by atoms with Crippen LogP contribution in [0.1, 0.15) is 0 Å². The van der Waals surface area contributed by atoms with E-state index in [4.69, 9.17) is 0 Å². The number of hydrogen-bond donors (Lipinski definition) is 0. The monoisotopic (exact) mass is 1220 g/mol. The fraction of sp³-hybridized carbons (Fsp3) is 0. The summed E-state index contributed by atoms with van der Waals surface area (Å²) in [7, 11) is 0. The molecule has 0 atom stereocenters. The molecule has 0 aliphatic carbocycles. The minimum atomic E-state index is 1.12. The van der Waals surface area contributed by atoms with E-state index < -0.39 is 0 Å². The quantitative estimate of drug-likeness (QED) is 0.145. The lowest BCUT2D eigenvalue weighted by Gasteiger charge is -2.12. The van der Waals surface area contributed by atoms with Crippen LogP contribution in [-0.2, 0) is 0 Å². The first-order valence-corrected chi connectivity index (χ1v) is 33.1. The van der Waals surface area contributed by atoms with E-state index in [1.54, 1.807) is 0 Å². The van der Waals surface area contributed by atoms with Crippen LogP contribution in [0.2, 0.25) is 0 Å². The maximum atomic E-state index is 2.45. The van der Waals surface area contributed by atoms with E-state index in [-0.39, 0.29) is 0 Å². The van der Waals surface area contributed by atoms with Crippen molar-refractivity contribution in [3.8, 4) is 56.4 Å². The summed E-state index contributed by atoms with van der Waals surface area (Å²) in [5.74, 6) is 0. The highest BCUT2D eigenvalue weighted by atomic mass is 15.0. The summed E-state index contributed by atoms with van der Waals surface area (Å²) in [6, 6.07) is 125. The molecule has 446 valence electrons. The second kappa shape index (κ2) is 20.3. The second-order valence-electron chi connectivity index (χ2n) is 25.6. The first kappa shape index (κ1) is 52.7. The summed E-state index contributed by atoms with van der Waals surface area (Å²) in [6.07, 6.45) is 0. The van der Waals surface area contributed by atoms with Crippen LogP contribution < -0.4 is 0 Å². The van der Waals surface area contributed by atoms with Crippen molar-refractivity contribution in [3.63, 3.8) is 0 Å². The largest absolute Gasteiger partial charge is 0.309 e. The molecule has 0 bridgehead atoms. The minimum absolute atomic E-state index is 1.12. The lowest BCUT2D eigenvalue weighted by molar-refractivity contribution is 1.17. The third-order valence-corrected chi connectivity index (χ3v) is 20.6. The molecule has 21 rings (SSSR count). The van der Waals surface area contributed by atoms with Crippen LogP contribution in [0.5, 0.6) is 0 Å². The number of rotatable bonds is 8. The predicted molar refractivity (Wildman–Crippen MR) is 403 cm³/mol. The molecule has 0 radical (unpaired) electrons. The van der Waals surface area contributed by atoms with Gasteiger partial charge in [0.2, 0.25) is 0 Å². The van der Waals surface area contributed by atoms with Gasteiger partial charge in [0.05, 0.1) is 66.2 Å². The molecular formula is C90H56N6. The summed E-state index contributed by atoms with van der Waals surface area (Å²) < 4.78 is 14.6. The lowest BCUT2D eigenvalue weighted by Crippen LogP contribution is -1.96. The van der Waals surface area contributed by atoms with Gasteiger partial charge in [-0.05, 0) is 168 Å². The van der Waals surface area contributed by atoms with Crippen molar-refractivity contribution in [2.24, 2.45) is 0 Å². The van der Waals surface area contributed by atoms with Gasteiger partial charge in [0, 0.05) is 98.8 Å². The molecule has 0 spiro atoms. The van der Waals surface area contributed by atoms with Crippen molar-refractivity contribution in [2.45, 2.75) is 0 Å². The Morgan fingerprint density at radius 1 is 0.115 bits per heavy atom. The van der Waals surface area contributed by atoms with Gasteiger partial charge in [0.15, 0.2) is 0 Å². The molecule has 0 saturated heterocycles. The molecule has 15 aromatic carbocycles. The smallest absolute Gasteiger partial charge is 0.0548 e. The standard InChI is InChI=1S/C90H56N6/c1-3-19-61(20-4-1)91-79-29-13-7-23-67(79)73-53-87-75(51-85(73)91)69-25-9-15-31-81(69)93(87)63-43-35-57(36-44-63)59-39-47-65(48-40-59)95-83-33-17-11-27-71(83)77-56-90-78(55-89(77)95)72-28-12-18-34-84(72)96(90)66-49-41-60(42-50-66)58-37-45-64(46-38-58)94-82-32-16-10-26-70(82)76-52-86-74(54-88(76)94)68-24-8-14-30-80(68)92(86)62-21-5-2-6-22-62/h1-56H. The van der Waals surface area contributed by atoms with Gasteiger partial charge in [0.25, 0.3) is 0 Å². The molecule has 0 saturated carbocycles. The first-order chi connectivity index (χ1) is 47.6. The highest BCUT2D eigenvalue weighted by Gasteiger charge is 2.23. The average Bonchev–Trinajstić information content (AvgIpc) is 1.57. The van der Waals surface area contributed by atoms with Crippen LogP contribution in [0.4, 0.5) is 0 Å². The van der Waals surface area contributed by atoms with E-state index in [1.807, 2.05) is 0 Å². The first-order valence-electron chi connectivity index (χ1n) is 33.1. The Bertz CT molecular complexity index is 6340. The molecule has 21 aromatic rings. The zero-order chi connectivity index (χ0) is 62.7. The molecule has 6 aromatic heterocycles. The molecule has 6 heteroatoms. The van der Waals surface area contributed by atoms with Gasteiger partial charge < -0.3 is 27.4 Å². The predicted octanol–water partition coefficient (Wildman–Crippen LogP) is 23.6. The van der Waals surface area contributed by atoms with Crippen LogP contribution in [0.3, 0.4) is 0 Å². The normalized spacial score (nSPS) is 12.2. The molecule has 6 heterocycles. The molecule has 0 fully saturated rings. The van der Waals surface area contributed by atoms with Crippen molar-refractivity contribution in [3.05, 3.63) is 340 Å². The van der Waals surface area contributed by atoms with E-state index in [9.17, 15) is 0 Å². The number of aromatic nitrogens is 6. The van der Waals surface area contributed by atoms with E-state index in [2.05, 4.69) is 367 Å². The van der Waals surface area contributed by atoms with Crippen molar-refractivity contribution < 1.29 is 0 Å². The molecule has 0 amide bonds. The van der Waals surface area contributed by atoms with E-state index in [0.717, 1.165) is 34.1 Å². The summed E-state index contributed by atoms with van der Waals surface area (Å²) in [6.45, 7) is 0. The Morgan fingerprint density at radius 2 is 0.271 bits per heavy atom. The van der Waals surface area contributed by atoms with Gasteiger partial charge in [-0.2, -0.15) is 0 Å². The van der Waals surface area contributed by atoms with Crippen LogP contribution >= 0.6 is 0 Å². The molecule has 96 heavy (non-hydrogen) atoms. The topological polar surface area (TPSA) is 29.6 Å². The number of nitrogens with zero attached hydrogens (tertiary/aromatic N) is 6. The van der Waals surface area contributed by atoms with Gasteiger partial charge in [-0.1, -0.05) is 194 Å². The van der Waals surface area contributed by atoms with Crippen LogP contribution in [0.15, 0.2) is 340 Å². The Morgan fingerprint density at radius 3 is 0.458 bits per heavy atom.